The molecule has 0 bridgehead atoms. The molecule has 0 radical (unpaired) electrons. The maximum atomic E-state index is 12.9. The van der Waals surface area contributed by atoms with Crippen LogP contribution in [0.2, 0.25) is 0 Å². The molecule has 2 aromatic heterocycles. The number of imidazole rings is 1. The lowest BCUT2D eigenvalue weighted by Crippen LogP contribution is -2.47. The molecule has 8 nitrogen and oxygen atoms in total. The molecule has 0 aliphatic carbocycles. The van der Waals surface area contributed by atoms with E-state index >= 15 is 0 Å². The first-order valence-electron chi connectivity index (χ1n) is 8.61. The molecule has 0 spiro atoms. The Hall–Kier alpha value is -3.81. The number of aromatic nitrogens is 3. The summed E-state index contributed by atoms with van der Waals surface area (Å²) < 4.78 is 1.57. The summed E-state index contributed by atoms with van der Waals surface area (Å²) in [6.45, 7) is 1.74. The molecule has 0 saturated carbocycles. The zero-order chi connectivity index (χ0) is 20.1. The molecule has 142 valence electrons. The fourth-order valence-electron chi connectivity index (χ4n) is 2.84. The zero-order valence-corrected chi connectivity index (χ0v) is 15.2. The van der Waals surface area contributed by atoms with Gasteiger partial charge in [-0.1, -0.05) is 36.4 Å². The van der Waals surface area contributed by atoms with Gasteiger partial charge in [-0.2, -0.15) is 0 Å². The number of aryl methyl sites for hydroxylation is 1. The predicted molar refractivity (Wildman–Crippen MR) is 102 cm³/mol. The van der Waals surface area contributed by atoms with E-state index in [4.69, 9.17) is 5.73 Å². The molecule has 28 heavy (non-hydrogen) atoms. The number of hydrogen-bond donors (Lipinski definition) is 2. The van der Waals surface area contributed by atoms with Crippen LogP contribution in [0.15, 0.2) is 60.9 Å². The third-order valence-electron chi connectivity index (χ3n) is 4.20. The number of carbonyl (C=O) groups is 3. The Labute approximate surface area is 161 Å². The summed E-state index contributed by atoms with van der Waals surface area (Å²) in [5.41, 5.74) is 6.15. The van der Waals surface area contributed by atoms with Gasteiger partial charge in [-0.3, -0.25) is 19.0 Å². The zero-order valence-electron chi connectivity index (χ0n) is 15.2. The average molecular weight is 377 g/mol. The largest absolute Gasteiger partial charge is 0.363 e. The fourth-order valence-corrected chi connectivity index (χ4v) is 2.84. The molecule has 0 saturated heterocycles. The van der Waals surface area contributed by atoms with Crippen molar-refractivity contribution in [3.8, 4) is 5.82 Å². The highest BCUT2D eigenvalue weighted by Gasteiger charge is 2.27. The molecule has 3 N–H and O–H groups in total. The number of nitrogens with two attached hydrogens (primary N) is 1. The highest BCUT2D eigenvalue weighted by molar-refractivity contribution is 6.38. The first-order chi connectivity index (χ1) is 13.5. The number of nitrogens with zero attached hydrogens (tertiary/aromatic N) is 3. The van der Waals surface area contributed by atoms with Gasteiger partial charge in [0.05, 0.1) is 6.20 Å². The molecule has 0 fully saturated rings. The van der Waals surface area contributed by atoms with Crippen molar-refractivity contribution in [2.75, 3.05) is 0 Å². The van der Waals surface area contributed by atoms with Gasteiger partial charge in [-0.15, -0.1) is 0 Å². The Kier molecular flexibility index (Phi) is 5.59. The number of pyridine rings is 1. The van der Waals surface area contributed by atoms with Crippen molar-refractivity contribution in [2.45, 2.75) is 19.4 Å². The molecule has 0 aliphatic rings. The number of rotatable bonds is 7. The number of amides is 2. The van der Waals surface area contributed by atoms with Gasteiger partial charge in [0.1, 0.15) is 23.4 Å². The highest BCUT2D eigenvalue weighted by Crippen LogP contribution is 2.13. The van der Waals surface area contributed by atoms with Gasteiger partial charge in [0.2, 0.25) is 5.78 Å². The smallest absolute Gasteiger partial charge is 0.287 e. The predicted octanol–water partition coefficient (Wildman–Crippen LogP) is 0.971. The molecule has 3 aromatic rings. The summed E-state index contributed by atoms with van der Waals surface area (Å²) in [6.07, 6.45) is 3.14. The van der Waals surface area contributed by atoms with Crippen LogP contribution < -0.4 is 11.1 Å². The lowest BCUT2D eigenvalue weighted by Gasteiger charge is -2.17. The van der Waals surface area contributed by atoms with Gasteiger partial charge in [-0.25, -0.2) is 9.97 Å². The van der Waals surface area contributed by atoms with Gasteiger partial charge in [0, 0.05) is 12.6 Å². The summed E-state index contributed by atoms with van der Waals surface area (Å²) in [5.74, 6) is -1.44. The van der Waals surface area contributed by atoms with Gasteiger partial charge in [0.15, 0.2) is 0 Å². The van der Waals surface area contributed by atoms with E-state index < -0.39 is 23.6 Å². The van der Waals surface area contributed by atoms with Crippen LogP contribution in [-0.4, -0.2) is 38.2 Å². The van der Waals surface area contributed by atoms with Gasteiger partial charge in [-0.05, 0) is 24.6 Å². The van der Waals surface area contributed by atoms with Crippen LogP contribution in [0.5, 0.6) is 0 Å². The van der Waals surface area contributed by atoms with Crippen LogP contribution in [0.25, 0.3) is 5.82 Å². The molecule has 2 amide bonds. The van der Waals surface area contributed by atoms with E-state index in [1.54, 1.807) is 48.0 Å². The van der Waals surface area contributed by atoms with Crippen LogP contribution in [-0.2, 0) is 16.0 Å². The van der Waals surface area contributed by atoms with E-state index in [2.05, 4.69) is 15.3 Å². The number of Topliss-reactive ketones (excluding diaryl/α,β-unsaturated/α-hetero) is 1. The summed E-state index contributed by atoms with van der Waals surface area (Å²) in [6, 6.07) is 13.3. The van der Waals surface area contributed by atoms with E-state index in [9.17, 15) is 14.4 Å². The molecular formula is C20H19N5O3. The first-order valence-corrected chi connectivity index (χ1v) is 8.61. The van der Waals surface area contributed by atoms with E-state index in [-0.39, 0.29) is 12.1 Å². The van der Waals surface area contributed by atoms with Crippen molar-refractivity contribution < 1.29 is 14.4 Å². The second-order valence-electron chi connectivity index (χ2n) is 6.16. The summed E-state index contributed by atoms with van der Waals surface area (Å²) >= 11 is 0. The van der Waals surface area contributed by atoms with Crippen LogP contribution in [0.1, 0.15) is 21.9 Å². The normalized spacial score (nSPS) is 11.6. The molecule has 1 unspecified atom stereocenters. The Balaban J connectivity index is 1.89. The monoisotopic (exact) mass is 377 g/mol. The molecule has 1 atom stereocenters. The molecular weight excluding hydrogens is 358 g/mol. The minimum absolute atomic E-state index is 0.144. The van der Waals surface area contributed by atoms with Crippen LogP contribution >= 0.6 is 0 Å². The summed E-state index contributed by atoms with van der Waals surface area (Å²) in [7, 11) is 0. The molecule has 0 aliphatic heterocycles. The number of primary amides is 1. The number of benzene rings is 1. The SMILES string of the molecule is Cc1ncc(C(=O)NC(Cc2ccccc2)C(=O)C(N)=O)n1-c1ccccn1. The van der Waals surface area contributed by atoms with Crippen molar-refractivity contribution >= 4 is 17.6 Å². The van der Waals surface area contributed by atoms with Crippen molar-refractivity contribution in [3.63, 3.8) is 0 Å². The number of ketones is 1. The Morgan fingerprint density at radius 1 is 1.07 bits per heavy atom. The van der Waals surface area contributed by atoms with E-state index in [1.165, 1.54) is 6.20 Å². The summed E-state index contributed by atoms with van der Waals surface area (Å²) in [5, 5.41) is 2.61. The topological polar surface area (TPSA) is 120 Å². The minimum atomic E-state index is -1.10. The lowest BCUT2D eigenvalue weighted by molar-refractivity contribution is -0.137. The highest BCUT2D eigenvalue weighted by atomic mass is 16.2. The maximum absolute atomic E-state index is 12.9. The number of hydrogen-bond acceptors (Lipinski definition) is 5. The molecule has 1 aromatic carbocycles. The Bertz CT molecular complexity index is 999. The average Bonchev–Trinajstić information content (AvgIpc) is 3.09. The number of nitrogens with one attached hydrogen (secondary N) is 1. The van der Waals surface area contributed by atoms with Gasteiger partial charge in [0.25, 0.3) is 11.8 Å². The second kappa shape index (κ2) is 8.26. The van der Waals surface area contributed by atoms with Crippen molar-refractivity contribution in [1.82, 2.24) is 19.9 Å². The molecule has 2 heterocycles. The van der Waals surface area contributed by atoms with E-state index in [1.807, 2.05) is 18.2 Å². The van der Waals surface area contributed by atoms with Crippen LogP contribution in [0, 0.1) is 6.92 Å². The Morgan fingerprint density at radius 2 is 1.79 bits per heavy atom. The Morgan fingerprint density at radius 3 is 2.43 bits per heavy atom. The van der Waals surface area contributed by atoms with Crippen LogP contribution in [0.3, 0.4) is 0 Å². The van der Waals surface area contributed by atoms with Crippen LogP contribution in [0.4, 0.5) is 0 Å². The third-order valence-corrected chi connectivity index (χ3v) is 4.20. The third kappa shape index (κ3) is 4.12. The quantitative estimate of drug-likeness (QED) is 0.595. The summed E-state index contributed by atoms with van der Waals surface area (Å²) in [4.78, 5) is 45.0. The minimum Gasteiger partial charge on any atom is -0.363 e. The van der Waals surface area contributed by atoms with Gasteiger partial charge < -0.3 is 11.1 Å². The van der Waals surface area contributed by atoms with Crippen molar-refractivity contribution in [3.05, 3.63) is 78.0 Å². The van der Waals surface area contributed by atoms with Crippen molar-refractivity contribution in [1.29, 1.82) is 0 Å². The molecule has 3 rings (SSSR count). The lowest BCUT2D eigenvalue weighted by atomic mass is 10.0. The van der Waals surface area contributed by atoms with Gasteiger partial charge >= 0.3 is 0 Å². The van der Waals surface area contributed by atoms with E-state index in [0.717, 1.165) is 5.56 Å². The second-order valence-corrected chi connectivity index (χ2v) is 6.16. The maximum Gasteiger partial charge on any atom is 0.287 e. The number of carbonyl (C=O) groups excluding carboxylic acids is 3. The van der Waals surface area contributed by atoms with Crippen molar-refractivity contribution in [2.24, 2.45) is 5.73 Å². The first kappa shape index (κ1) is 19.0. The standard InChI is InChI=1S/C20H19N5O3/c1-13-23-12-16(25(13)17-9-5-6-10-22-17)20(28)24-15(18(26)19(21)27)11-14-7-3-2-4-8-14/h2-10,12,15H,11H2,1H3,(H2,21,27)(H,24,28). The molecule has 8 heteroatoms. The van der Waals surface area contributed by atoms with E-state index in [0.29, 0.717) is 11.6 Å². The fraction of sp³-hybridized carbons (Fsp3) is 0.150.